The van der Waals surface area contributed by atoms with E-state index in [2.05, 4.69) is 15.4 Å². The first-order valence-electron chi connectivity index (χ1n) is 6.66. The summed E-state index contributed by atoms with van der Waals surface area (Å²) in [5.74, 6) is 0.190. The minimum atomic E-state index is -0.227. The third-order valence-corrected chi connectivity index (χ3v) is 3.29. The molecule has 106 valence electrons. The van der Waals surface area contributed by atoms with Gasteiger partial charge in [0, 0.05) is 24.3 Å². The van der Waals surface area contributed by atoms with E-state index in [9.17, 15) is 4.79 Å². The fraction of sp³-hybridized carbons (Fsp3) is 0.133. The number of anilines is 2. The Labute approximate surface area is 121 Å². The van der Waals surface area contributed by atoms with Crippen molar-refractivity contribution in [3.63, 3.8) is 0 Å². The van der Waals surface area contributed by atoms with Gasteiger partial charge in [-0.25, -0.2) is 4.98 Å². The van der Waals surface area contributed by atoms with Gasteiger partial charge < -0.3 is 11.1 Å². The first-order chi connectivity index (χ1) is 10.2. The van der Waals surface area contributed by atoms with E-state index in [4.69, 9.17) is 5.73 Å². The lowest BCUT2D eigenvalue weighted by Crippen LogP contribution is -2.13. The lowest BCUT2D eigenvalue weighted by atomic mass is 10.1. The molecule has 0 fully saturated rings. The van der Waals surface area contributed by atoms with Gasteiger partial charge in [0.05, 0.1) is 17.4 Å². The summed E-state index contributed by atoms with van der Waals surface area (Å²) < 4.78 is 1.74. The van der Waals surface area contributed by atoms with Crippen molar-refractivity contribution < 1.29 is 4.79 Å². The molecular weight excluding hydrogens is 266 g/mol. The zero-order valence-corrected chi connectivity index (χ0v) is 11.6. The van der Waals surface area contributed by atoms with Gasteiger partial charge in [-0.05, 0) is 12.3 Å². The van der Waals surface area contributed by atoms with Gasteiger partial charge in [0.25, 0.3) is 5.91 Å². The molecule has 2 aromatic heterocycles. The van der Waals surface area contributed by atoms with Crippen LogP contribution in [0.25, 0.3) is 10.8 Å². The van der Waals surface area contributed by atoms with Gasteiger partial charge in [-0.2, -0.15) is 5.10 Å². The van der Waals surface area contributed by atoms with E-state index in [1.54, 1.807) is 17.1 Å². The number of aromatic nitrogens is 3. The fourth-order valence-corrected chi connectivity index (χ4v) is 2.19. The maximum atomic E-state index is 12.4. The summed E-state index contributed by atoms with van der Waals surface area (Å²) in [5.41, 5.74) is 6.99. The van der Waals surface area contributed by atoms with Crippen molar-refractivity contribution >= 4 is 28.2 Å². The summed E-state index contributed by atoms with van der Waals surface area (Å²) in [6.07, 6.45) is 4.90. The number of carbonyl (C=O) groups excluding carboxylic acids is 1. The zero-order valence-electron chi connectivity index (χ0n) is 11.6. The molecule has 3 rings (SSSR count). The van der Waals surface area contributed by atoms with E-state index >= 15 is 0 Å². The van der Waals surface area contributed by atoms with Gasteiger partial charge in [-0.15, -0.1) is 0 Å². The Bertz CT molecular complexity index is 809. The molecule has 6 nitrogen and oxygen atoms in total. The lowest BCUT2D eigenvalue weighted by Gasteiger charge is -2.07. The average Bonchev–Trinajstić information content (AvgIpc) is 2.95. The van der Waals surface area contributed by atoms with Crippen LogP contribution in [0.2, 0.25) is 0 Å². The molecule has 0 saturated carbocycles. The highest BCUT2D eigenvalue weighted by atomic mass is 16.1. The molecule has 1 aromatic carbocycles. The number of fused-ring (bicyclic) bond motifs is 1. The number of aryl methyl sites for hydroxylation is 1. The Morgan fingerprint density at radius 3 is 2.76 bits per heavy atom. The van der Waals surface area contributed by atoms with Crippen molar-refractivity contribution in [1.82, 2.24) is 14.8 Å². The number of rotatable bonds is 3. The second-order valence-corrected chi connectivity index (χ2v) is 4.64. The molecule has 0 bridgehead atoms. The van der Waals surface area contributed by atoms with Crippen LogP contribution in [0.3, 0.4) is 0 Å². The van der Waals surface area contributed by atoms with Gasteiger partial charge in [-0.1, -0.05) is 24.3 Å². The highest BCUT2D eigenvalue weighted by Gasteiger charge is 2.13. The van der Waals surface area contributed by atoms with E-state index < -0.39 is 0 Å². The number of nitrogens with zero attached hydrogens (tertiary/aromatic N) is 3. The van der Waals surface area contributed by atoms with Crippen LogP contribution < -0.4 is 11.1 Å². The van der Waals surface area contributed by atoms with Crippen LogP contribution in [0.5, 0.6) is 0 Å². The molecular formula is C15H15N5O. The predicted molar refractivity (Wildman–Crippen MR) is 82.0 cm³/mol. The predicted octanol–water partition coefficient (Wildman–Crippen LogP) is 2.29. The summed E-state index contributed by atoms with van der Waals surface area (Å²) in [6, 6.07) is 7.45. The number of benzene rings is 1. The molecule has 0 saturated heterocycles. The summed E-state index contributed by atoms with van der Waals surface area (Å²) in [5, 5.41) is 8.50. The largest absolute Gasteiger partial charge is 0.383 e. The second-order valence-electron chi connectivity index (χ2n) is 4.64. The summed E-state index contributed by atoms with van der Waals surface area (Å²) >= 11 is 0. The number of nitrogens with one attached hydrogen (secondary N) is 1. The molecule has 6 heteroatoms. The number of hydrogen-bond donors (Lipinski definition) is 2. The summed E-state index contributed by atoms with van der Waals surface area (Å²) in [4.78, 5) is 16.5. The van der Waals surface area contributed by atoms with Gasteiger partial charge in [0.15, 0.2) is 0 Å². The Balaban J connectivity index is 1.96. The van der Waals surface area contributed by atoms with E-state index in [1.807, 2.05) is 31.2 Å². The van der Waals surface area contributed by atoms with Gasteiger partial charge in [-0.3, -0.25) is 9.48 Å². The van der Waals surface area contributed by atoms with Gasteiger partial charge >= 0.3 is 0 Å². The standard InChI is InChI=1S/C15H15N5O/c1-2-20-9-10(7-18-20)19-15(21)13-8-17-14(16)12-6-4-3-5-11(12)13/h3-9H,2H2,1H3,(H2,16,17)(H,19,21). The van der Waals surface area contributed by atoms with Crippen molar-refractivity contribution in [2.75, 3.05) is 11.1 Å². The van der Waals surface area contributed by atoms with Crippen LogP contribution in [-0.2, 0) is 6.54 Å². The quantitative estimate of drug-likeness (QED) is 0.771. The van der Waals surface area contributed by atoms with Crippen LogP contribution in [0, 0.1) is 0 Å². The second kappa shape index (κ2) is 5.24. The van der Waals surface area contributed by atoms with E-state index in [1.165, 1.54) is 6.20 Å². The minimum Gasteiger partial charge on any atom is -0.383 e. The molecule has 0 aliphatic rings. The monoisotopic (exact) mass is 281 g/mol. The number of hydrogen-bond acceptors (Lipinski definition) is 4. The van der Waals surface area contributed by atoms with Crippen molar-refractivity contribution in [1.29, 1.82) is 0 Å². The molecule has 3 aromatic rings. The molecule has 3 N–H and O–H groups in total. The SMILES string of the molecule is CCn1cc(NC(=O)c2cnc(N)c3ccccc23)cn1. The normalized spacial score (nSPS) is 10.7. The maximum absolute atomic E-state index is 12.4. The molecule has 0 spiro atoms. The molecule has 2 heterocycles. The van der Waals surface area contributed by atoms with Crippen molar-refractivity contribution in [3.8, 4) is 0 Å². The number of pyridine rings is 1. The van der Waals surface area contributed by atoms with Crippen LogP contribution >= 0.6 is 0 Å². The number of amides is 1. The van der Waals surface area contributed by atoms with Crippen LogP contribution in [-0.4, -0.2) is 20.7 Å². The molecule has 0 unspecified atom stereocenters. The number of nitrogens with two attached hydrogens (primary N) is 1. The highest BCUT2D eigenvalue weighted by Crippen LogP contribution is 2.23. The fourth-order valence-electron chi connectivity index (χ4n) is 2.19. The summed E-state index contributed by atoms with van der Waals surface area (Å²) in [7, 11) is 0. The van der Waals surface area contributed by atoms with Gasteiger partial charge in [0.1, 0.15) is 5.82 Å². The molecule has 21 heavy (non-hydrogen) atoms. The first-order valence-corrected chi connectivity index (χ1v) is 6.66. The molecule has 0 atom stereocenters. The first kappa shape index (κ1) is 13.1. The third kappa shape index (κ3) is 2.43. The van der Waals surface area contributed by atoms with E-state index in [0.717, 1.165) is 17.3 Å². The van der Waals surface area contributed by atoms with Crippen LogP contribution in [0.1, 0.15) is 17.3 Å². The van der Waals surface area contributed by atoms with Gasteiger partial charge in [0.2, 0.25) is 0 Å². The topological polar surface area (TPSA) is 85.8 Å². The smallest absolute Gasteiger partial charge is 0.257 e. The molecule has 0 aliphatic carbocycles. The minimum absolute atomic E-state index is 0.227. The Morgan fingerprint density at radius 2 is 2.05 bits per heavy atom. The average molecular weight is 281 g/mol. The molecule has 1 amide bonds. The maximum Gasteiger partial charge on any atom is 0.257 e. The zero-order chi connectivity index (χ0) is 14.8. The van der Waals surface area contributed by atoms with Crippen LogP contribution in [0.15, 0.2) is 42.9 Å². The van der Waals surface area contributed by atoms with Crippen LogP contribution in [0.4, 0.5) is 11.5 Å². The van der Waals surface area contributed by atoms with Crippen molar-refractivity contribution in [3.05, 3.63) is 48.4 Å². The summed E-state index contributed by atoms with van der Waals surface area (Å²) in [6.45, 7) is 2.73. The lowest BCUT2D eigenvalue weighted by molar-refractivity contribution is 0.102. The number of nitrogen functional groups attached to an aromatic ring is 1. The third-order valence-electron chi connectivity index (χ3n) is 3.29. The number of carbonyl (C=O) groups is 1. The Kier molecular flexibility index (Phi) is 3.27. The van der Waals surface area contributed by atoms with Crippen molar-refractivity contribution in [2.24, 2.45) is 0 Å². The molecule has 0 aliphatic heterocycles. The van der Waals surface area contributed by atoms with E-state index in [-0.39, 0.29) is 5.91 Å². The van der Waals surface area contributed by atoms with E-state index in [0.29, 0.717) is 17.1 Å². The highest BCUT2D eigenvalue weighted by molar-refractivity contribution is 6.14. The van der Waals surface area contributed by atoms with Crippen molar-refractivity contribution in [2.45, 2.75) is 13.5 Å². The Morgan fingerprint density at radius 1 is 1.29 bits per heavy atom. The molecule has 0 radical (unpaired) electrons. The Hall–Kier alpha value is -2.89.